The molecule has 0 spiro atoms. The van der Waals surface area contributed by atoms with Gasteiger partial charge in [-0.1, -0.05) is 20.4 Å². The summed E-state index contributed by atoms with van der Waals surface area (Å²) < 4.78 is 23.1. The van der Waals surface area contributed by atoms with Crippen molar-refractivity contribution in [2.24, 2.45) is 0 Å². The summed E-state index contributed by atoms with van der Waals surface area (Å²) in [7, 11) is 1.74. The molecule has 2 aromatic rings. The van der Waals surface area contributed by atoms with Gasteiger partial charge in [-0.25, -0.2) is 9.37 Å². The second kappa shape index (κ2) is 8.44. The van der Waals surface area contributed by atoms with Crippen molar-refractivity contribution in [3.8, 4) is 0 Å². The number of ketones is 1. The molecule has 9 heteroatoms. The van der Waals surface area contributed by atoms with Crippen molar-refractivity contribution in [1.29, 1.82) is 0 Å². The lowest BCUT2D eigenvalue weighted by atomic mass is 9.99. The number of carbonyl (C=O) groups excluding carboxylic acids is 1. The Kier molecular flexibility index (Phi) is 6.16. The minimum Gasteiger partial charge on any atom is -0.371 e. The minimum absolute atomic E-state index is 0.156. The first-order chi connectivity index (χ1) is 13.8. The molecular formula is C20H29FN6O2. The summed E-state index contributed by atoms with van der Waals surface area (Å²) in [6.07, 6.45) is 2.65. The fourth-order valence-electron chi connectivity index (χ4n) is 3.51. The fraction of sp³-hybridized carbons (Fsp3) is 0.600. The number of anilines is 2. The van der Waals surface area contributed by atoms with Crippen LogP contribution in [0.1, 0.15) is 59.1 Å². The van der Waals surface area contributed by atoms with E-state index in [1.54, 1.807) is 11.6 Å². The van der Waals surface area contributed by atoms with Gasteiger partial charge in [0.2, 0.25) is 5.95 Å². The number of ether oxygens (including phenoxy) is 1. The summed E-state index contributed by atoms with van der Waals surface area (Å²) in [5.41, 5.74) is 0.156. The molecule has 1 saturated heterocycles. The van der Waals surface area contributed by atoms with Crippen LogP contribution in [-0.2, 0) is 9.53 Å². The molecule has 3 rings (SSSR count). The number of aromatic nitrogens is 4. The van der Waals surface area contributed by atoms with Crippen LogP contribution in [0.15, 0.2) is 18.6 Å². The van der Waals surface area contributed by atoms with Crippen molar-refractivity contribution < 1.29 is 13.9 Å². The Morgan fingerprint density at radius 3 is 2.83 bits per heavy atom. The molecule has 1 fully saturated rings. The Hall–Kier alpha value is -2.55. The highest BCUT2D eigenvalue weighted by Crippen LogP contribution is 2.43. The van der Waals surface area contributed by atoms with Crippen molar-refractivity contribution in [2.75, 3.05) is 17.7 Å². The molecule has 0 amide bonds. The third-order valence-electron chi connectivity index (χ3n) is 5.23. The van der Waals surface area contributed by atoms with Crippen LogP contribution in [0.25, 0.3) is 11.2 Å². The van der Waals surface area contributed by atoms with Gasteiger partial charge in [0.25, 0.3) is 0 Å². The van der Waals surface area contributed by atoms with Crippen LogP contribution in [0.3, 0.4) is 0 Å². The first kappa shape index (κ1) is 21.2. The van der Waals surface area contributed by atoms with Gasteiger partial charge in [-0.3, -0.25) is 9.36 Å². The lowest BCUT2D eigenvalue weighted by Gasteiger charge is -2.22. The van der Waals surface area contributed by atoms with Crippen LogP contribution < -0.4 is 10.6 Å². The normalized spacial score (nSPS) is 24.0. The van der Waals surface area contributed by atoms with Gasteiger partial charge in [-0.2, -0.15) is 9.97 Å². The highest BCUT2D eigenvalue weighted by molar-refractivity contribution is 5.84. The van der Waals surface area contributed by atoms with Crippen LogP contribution >= 0.6 is 0 Å². The van der Waals surface area contributed by atoms with Crippen molar-refractivity contribution in [3.05, 3.63) is 18.6 Å². The first-order valence-electron chi connectivity index (χ1n) is 10.0. The molecule has 3 heterocycles. The van der Waals surface area contributed by atoms with E-state index in [1.807, 2.05) is 13.8 Å². The predicted molar refractivity (Wildman–Crippen MR) is 110 cm³/mol. The number of rotatable bonds is 9. The third-order valence-corrected chi connectivity index (χ3v) is 5.23. The number of carbonyl (C=O) groups is 1. The Bertz CT molecular complexity index is 910. The van der Waals surface area contributed by atoms with E-state index >= 15 is 4.39 Å². The SMILES string of the molecule is C=C(CC)Nc1nc(NC)c2ncn(C3OC(CCC(=O)CC)C[C@@]3(C)F)c2n1. The number of nitrogens with zero attached hydrogens (tertiary/aromatic N) is 4. The summed E-state index contributed by atoms with van der Waals surface area (Å²) >= 11 is 0. The van der Waals surface area contributed by atoms with Crippen molar-refractivity contribution >= 4 is 28.7 Å². The third kappa shape index (κ3) is 4.39. The summed E-state index contributed by atoms with van der Waals surface area (Å²) in [6.45, 7) is 9.24. The van der Waals surface area contributed by atoms with Crippen molar-refractivity contribution in [3.63, 3.8) is 0 Å². The van der Waals surface area contributed by atoms with Gasteiger partial charge in [0, 0.05) is 32.0 Å². The van der Waals surface area contributed by atoms with E-state index in [2.05, 4.69) is 32.2 Å². The van der Waals surface area contributed by atoms with E-state index in [4.69, 9.17) is 4.74 Å². The monoisotopic (exact) mass is 404 g/mol. The van der Waals surface area contributed by atoms with Crippen LogP contribution in [0, 0.1) is 0 Å². The topological polar surface area (TPSA) is 94.0 Å². The fourth-order valence-corrected chi connectivity index (χ4v) is 3.51. The molecular weight excluding hydrogens is 375 g/mol. The molecule has 2 unspecified atom stereocenters. The minimum atomic E-state index is -1.61. The number of fused-ring (bicyclic) bond motifs is 1. The number of nitrogens with one attached hydrogen (secondary N) is 2. The largest absolute Gasteiger partial charge is 0.371 e. The molecule has 8 nitrogen and oxygen atoms in total. The zero-order chi connectivity index (χ0) is 21.2. The molecule has 0 aromatic carbocycles. The molecule has 1 aliphatic rings. The number of Topliss-reactive ketones (excluding diaryl/α,β-unsaturated/α-hetero) is 1. The molecule has 0 saturated carbocycles. The molecule has 0 bridgehead atoms. The second-order valence-corrected chi connectivity index (χ2v) is 7.58. The maximum atomic E-state index is 15.4. The molecule has 1 aliphatic heterocycles. The van der Waals surface area contributed by atoms with E-state index in [0.717, 1.165) is 12.1 Å². The summed E-state index contributed by atoms with van der Waals surface area (Å²) in [6, 6.07) is 0. The van der Waals surface area contributed by atoms with Gasteiger partial charge in [-0.15, -0.1) is 0 Å². The molecule has 29 heavy (non-hydrogen) atoms. The summed E-state index contributed by atoms with van der Waals surface area (Å²) in [5, 5.41) is 6.07. The van der Waals surface area contributed by atoms with Gasteiger partial charge in [0.15, 0.2) is 28.9 Å². The number of allylic oxidation sites excluding steroid dienone is 1. The summed E-state index contributed by atoms with van der Waals surface area (Å²) in [5.74, 6) is 1.05. The van der Waals surface area contributed by atoms with E-state index in [-0.39, 0.29) is 18.3 Å². The number of halogens is 1. The van der Waals surface area contributed by atoms with E-state index in [1.165, 1.54) is 13.3 Å². The molecule has 3 atom stereocenters. The highest BCUT2D eigenvalue weighted by Gasteiger charge is 2.47. The first-order valence-corrected chi connectivity index (χ1v) is 10.0. The van der Waals surface area contributed by atoms with Gasteiger partial charge in [-0.05, 0) is 19.8 Å². The van der Waals surface area contributed by atoms with Crippen LogP contribution in [0.2, 0.25) is 0 Å². The van der Waals surface area contributed by atoms with Gasteiger partial charge < -0.3 is 15.4 Å². The lowest BCUT2D eigenvalue weighted by molar-refractivity contribution is -0.119. The van der Waals surface area contributed by atoms with Gasteiger partial charge in [0.1, 0.15) is 5.78 Å². The second-order valence-electron chi connectivity index (χ2n) is 7.58. The number of imidazole rings is 1. The quantitative estimate of drug-likeness (QED) is 0.653. The smallest absolute Gasteiger partial charge is 0.231 e. The van der Waals surface area contributed by atoms with E-state index in [9.17, 15) is 4.79 Å². The Balaban J connectivity index is 1.93. The van der Waals surface area contributed by atoms with Gasteiger partial charge >= 0.3 is 0 Å². The van der Waals surface area contributed by atoms with Crippen molar-refractivity contribution in [1.82, 2.24) is 19.5 Å². The lowest BCUT2D eigenvalue weighted by Crippen LogP contribution is -2.27. The molecule has 2 N–H and O–H groups in total. The standard InChI is InChI=1S/C20H29FN6O2/c1-6-12(3)24-19-25-16(22-5)15-17(26-19)27(11-23-15)18-20(4,21)10-14(29-18)9-8-13(28)7-2/h11,14,18H,3,6-10H2,1-2,4-5H3,(H2,22,24,25,26)/t14?,18?,20-/m1/s1. The van der Waals surface area contributed by atoms with Crippen LogP contribution in [0.4, 0.5) is 16.2 Å². The number of hydrogen-bond acceptors (Lipinski definition) is 7. The average molecular weight is 404 g/mol. The average Bonchev–Trinajstić information content (AvgIpc) is 3.24. The molecule has 0 radical (unpaired) electrons. The number of hydrogen-bond donors (Lipinski definition) is 2. The summed E-state index contributed by atoms with van der Waals surface area (Å²) in [4.78, 5) is 25.0. The van der Waals surface area contributed by atoms with Gasteiger partial charge in [0.05, 0.1) is 12.4 Å². The van der Waals surface area contributed by atoms with Crippen molar-refractivity contribution in [2.45, 2.75) is 70.9 Å². The zero-order valence-electron chi connectivity index (χ0n) is 17.5. The maximum Gasteiger partial charge on any atom is 0.231 e. The predicted octanol–water partition coefficient (Wildman–Crippen LogP) is 3.98. The number of alkyl halides is 1. The molecule has 2 aromatic heterocycles. The zero-order valence-corrected chi connectivity index (χ0v) is 17.5. The highest BCUT2D eigenvalue weighted by atomic mass is 19.1. The molecule has 158 valence electrons. The van der Waals surface area contributed by atoms with E-state index in [0.29, 0.717) is 42.2 Å². The van der Waals surface area contributed by atoms with Crippen LogP contribution in [0.5, 0.6) is 0 Å². The maximum absolute atomic E-state index is 15.4. The Morgan fingerprint density at radius 2 is 2.17 bits per heavy atom. The molecule has 0 aliphatic carbocycles. The Morgan fingerprint density at radius 1 is 1.41 bits per heavy atom. The Labute approximate surface area is 170 Å². The van der Waals surface area contributed by atoms with E-state index < -0.39 is 11.9 Å². The van der Waals surface area contributed by atoms with Crippen LogP contribution in [-0.4, -0.2) is 44.1 Å².